The van der Waals surface area contributed by atoms with Gasteiger partial charge >= 0.3 is 5.97 Å². The molecule has 1 saturated heterocycles. The molecule has 5 nitrogen and oxygen atoms in total. The van der Waals surface area contributed by atoms with Gasteiger partial charge in [-0.3, -0.25) is 9.69 Å². The van der Waals surface area contributed by atoms with Crippen LogP contribution in [0.15, 0.2) is 24.3 Å². The van der Waals surface area contributed by atoms with Crippen LogP contribution >= 0.6 is 0 Å². The predicted molar refractivity (Wildman–Crippen MR) is 81.7 cm³/mol. The number of carbonyl (C=O) groups is 1. The Balaban J connectivity index is 2.16. The van der Waals surface area contributed by atoms with Gasteiger partial charge in [-0.15, -0.1) is 0 Å². The highest BCUT2D eigenvalue weighted by atomic mass is 16.5. The SMILES string of the molecule is COC(=O)C(CN1CCN(C)CC1)c1ccccc1OC. The van der Waals surface area contributed by atoms with Crippen LogP contribution in [0.5, 0.6) is 5.75 Å². The molecule has 1 aliphatic rings. The van der Waals surface area contributed by atoms with Crippen LogP contribution in [0.3, 0.4) is 0 Å². The van der Waals surface area contributed by atoms with Crippen LogP contribution in [0.4, 0.5) is 0 Å². The molecule has 1 fully saturated rings. The number of para-hydroxylation sites is 1. The van der Waals surface area contributed by atoms with Crippen LogP contribution in [0.25, 0.3) is 0 Å². The number of likely N-dealkylation sites (N-methyl/N-ethyl adjacent to an activating group) is 1. The summed E-state index contributed by atoms with van der Waals surface area (Å²) in [5.74, 6) is 0.218. The van der Waals surface area contributed by atoms with Crippen LogP contribution in [0, 0.1) is 0 Å². The topological polar surface area (TPSA) is 42.0 Å². The van der Waals surface area contributed by atoms with Gasteiger partial charge in [0, 0.05) is 38.3 Å². The van der Waals surface area contributed by atoms with Crippen molar-refractivity contribution in [3.05, 3.63) is 29.8 Å². The third kappa shape index (κ3) is 3.95. The Morgan fingerprint density at radius 2 is 1.86 bits per heavy atom. The van der Waals surface area contributed by atoms with Gasteiger partial charge in [0.2, 0.25) is 0 Å². The average Bonchev–Trinajstić information content (AvgIpc) is 2.53. The largest absolute Gasteiger partial charge is 0.496 e. The molecule has 0 amide bonds. The molecule has 5 heteroatoms. The van der Waals surface area contributed by atoms with Gasteiger partial charge in [0.05, 0.1) is 20.1 Å². The van der Waals surface area contributed by atoms with Crippen molar-refractivity contribution in [2.45, 2.75) is 5.92 Å². The summed E-state index contributed by atoms with van der Waals surface area (Å²) >= 11 is 0. The molecule has 1 heterocycles. The maximum absolute atomic E-state index is 12.2. The Bertz CT molecular complexity index is 470. The number of ether oxygens (including phenoxy) is 2. The lowest BCUT2D eigenvalue weighted by atomic mass is 9.97. The molecule has 21 heavy (non-hydrogen) atoms. The van der Waals surface area contributed by atoms with Crippen LogP contribution < -0.4 is 4.74 Å². The van der Waals surface area contributed by atoms with E-state index in [-0.39, 0.29) is 11.9 Å². The molecule has 0 bridgehead atoms. The number of carbonyl (C=O) groups excluding carboxylic acids is 1. The number of methoxy groups -OCH3 is 2. The number of esters is 1. The van der Waals surface area contributed by atoms with E-state index in [1.165, 1.54) is 7.11 Å². The summed E-state index contributed by atoms with van der Waals surface area (Å²) in [7, 11) is 5.19. The molecule has 0 spiro atoms. The third-order valence-electron chi connectivity index (χ3n) is 4.04. The number of benzene rings is 1. The Morgan fingerprint density at radius 3 is 2.48 bits per heavy atom. The van der Waals surface area contributed by atoms with Gasteiger partial charge in [-0.25, -0.2) is 0 Å². The lowest BCUT2D eigenvalue weighted by Gasteiger charge is -2.34. The minimum atomic E-state index is -0.311. The normalized spacial score (nSPS) is 18.2. The van der Waals surface area contributed by atoms with E-state index < -0.39 is 0 Å². The van der Waals surface area contributed by atoms with E-state index in [2.05, 4.69) is 16.8 Å². The third-order valence-corrected chi connectivity index (χ3v) is 4.04. The fourth-order valence-corrected chi connectivity index (χ4v) is 2.69. The fourth-order valence-electron chi connectivity index (χ4n) is 2.69. The highest BCUT2D eigenvalue weighted by Gasteiger charge is 2.28. The molecule has 0 saturated carbocycles. The Labute approximate surface area is 126 Å². The summed E-state index contributed by atoms with van der Waals surface area (Å²) in [6.45, 7) is 4.67. The van der Waals surface area contributed by atoms with Gasteiger partial charge in [0.25, 0.3) is 0 Å². The molecular formula is C16H24N2O3. The lowest BCUT2D eigenvalue weighted by molar-refractivity contribution is -0.143. The van der Waals surface area contributed by atoms with Gasteiger partial charge in [-0.2, -0.15) is 0 Å². The van der Waals surface area contributed by atoms with E-state index in [4.69, 9.17) is 9.47 Å². The van der Waals surface area contributed by atoms with Crippen molar-refractivity contribution in [1.82, 2.24) is 9.80 Å². The maximum Gasteiger partial charge on any atom is 0.314 e. The van der Waals surface area contributed by atoms with Crippen LogP contribution in [0.1, 0.15) is 11.5 Å². The van der Waals surface area contributed by atoms with E-state index in [1.54, 1.807) is 7.11 Å². The number of rotatable bonds is 5. The molecule has 1 aliphatic heterocycles. The lowest BCUT2D eigenvalue weighted by Crippen LogP contribution is -2.46. The van der Waals surface area contributed by atoms with Gasteiger partial charge in [0.15, 0.2) is 0 Å². The summed E-state index contributed by atoms with van der Waals surface area (Å²) in [5.41, 5.74) is 0.894. The second kappa shape index (κ2) is 7.43. The Kier molecular flexibility index (Phi) is 5.59. The van der Waals surface area contributed by atoms with Crippen LogP contribution in [-0.4, -0.2) is 69.8 Å². The molecule has 2 rings (SSSR count). The minimum absolute atomic E-state index is 0.210. The van der Waals surface area contributed by atoms with Gasteiger partial charge in [-0.05, 0) is 13.1 Å². The number of nitrogens with zero attached hydrogens (tertiary/aromatic N) is 2. The monoisotopic (exact) mass is 292 g/mol. The van der Waals surface area contributed by atoms with Crippen molar-refractivity contribution in [2.75, 3.05) is 54.0 Å². The standard InChI is InChI=1S/C16H24N2O3/c1-17-8-10-18(11-9-17)12-14(16(19)21-3)13-6-4-5-7-15(13)20-2/h4-7,14H,8-12H2,1-3H3. The zero-order valence-electron chi connectivity index (χ0n) is 13.0. The molecule has 0 aliphatic carbocycles. The first-order valence-electron chi connectivity index (χ1n) is 7.27. The molecule has 1 unspecified atom stereocenters. The first kappa shape index (κ1) is 15.8. The summed E-state index contributed by atoms with van der Waals surface area (Å²) in [6.07, 6.45) is 0. The van der Waals surface area contributed by atoms with E-state index in [0.29, 0.717) is 6.54 Å². The summed E-state index contributed by atoms with van der Waals surface area (Å²) in [6, 6.07) is 7.66. The van der Waals surface area contributed by atoms with Crippen molar-refractivity contribution in [3.8, 4) is 5.75 Å². The average molecular weight is 292 g/mol. The Morgan fingerprint density at radius 1 is 1.19 bits per heavy atom. The molecule has 0 aromatic heterocycles. The van der Waals surface area contributed by atoms with Gasteiger partial charge in [-0.1, -0.05) is 18.2 Å². The maximum atomic E-state index is 12.2. The molecular weight excluding hydrogens is 268 g/mol. The van der Waals surface area contributed by atoms with Crippen molar-refractivity contribution in [3.63, 3.8) is 0 Å². The minimum Gasteiger partial charge on any atom is -0.496 e. The quantitative estimate of drug-likeness (QED) is 0.763. The highest BCUT2D eigenvalue weighted by Crippen LogP contribution is 2.28. The molecule has 116 valence electrons. The first-order chi connectivity index (χ1) is 10.2. The smallest absolute Gasteiger partial charge is 0.314 e. The molecule has 1 atom stereocenters. The number of piperazine rings is 1. The van der Waals surface area contributed by atoms with Gasteiger partial charge in [0.1, 0.15) is 5.75 Å². The second-order valence-electron chi connectivity index (χ2n) is 5.42. The zero-order valence-corrected chi connectivity index (χ0v) is 13.0. The Hall–Kier alpha value is -1.59. The predicted octanol–water partition coefficient (Wildman–Crippen LogP) is 1.20. The second-order valence-corrected chi connectivity index (χ2v) is 5.42. The van der Waals surface area contributed by atoms with Crippen molar-refractivity contribution in [2.24, 2.45) is 0 Å². The number of hydrogen-bond acceptors (Lipinski definition) is 5. The molecule has 0 N–H and O–H groups in total. The summed E-state index contributed by atoms with van der Waals surface area (Å²) in [5, 5.41) is 0. The molecule has 1 aromatic rings. The van der Waals surface area contributed by atoms with E-state index in [1.807, 2.05) is 24.3 Å². The first-order valence-corrected chi connectivity index (χ1v) is 7.27. The van der Waals surface area contributed by atoms with E-state index in [0.717, 1.165) is 37.5 Å². The summed E-state index contributed by atoms with van der Waals surface area (Å²) in [4.78, 5) is 16.8. The summed E-state index contributed by atoms with van der Waals surface area (Å²) < 4.78 is 10.4. The molecule has 0 radical (unpaired) electrons. The zero-order chi connectivity index (χ0) is 15.2. The van der Waals surface area contributed by atoms with Crippen molar-refractivity contribution >= 4 is 5.97 Å². The van der Waals surface area contributed by atoms with Crippen LogP contribution in [0.2, 0.25) is 0 Å². The fraction of sp³-hybridized carbons (Fsp3) is 0.562. The van der Waals surface area contributed by atoms with Crippen molar-refractivity contribution < 1.29 is 14.3 Å². The van der Waals surface area contributed by atoms with Crippen molar-refractivity contribution in [1.29, 1.82) is 0 Å². The van der Waals surface area contributed by atoms with E-state index >= 15 is 0 Å². The highest BCUT2D eigenvalue weighted by molar-refractivity contribution is 5.79. The number of hydrogen-bond donors (Lipinski definition) is 0. The van der Waals surface area contributed by atoms with Gasteiger partial charge < -0.3 is 14.4 Å². The van der Waals surface area contributed by atoms with E-state index in [9.17, 15) is 4.79 Å². The van der Waals surface area contributed by atoms with Crippen LogP contribution in [-0.2, 0) is 9.53 Å². The molecule has 1 aromatic carbocycles.